The van der Waals surface area contributed by atoms with Gasteiger partial charge in [-0.05, 0) is 42.8 Å². The van der Waals surface area contributed by atoms with Crippen molar-refractivity contribution in [3.8, 4) is 16.9 Å². The van der Waals surface area contributed by atoms with Crippen molar-refractivity contribution in [2.75, 3.05) is 13.1 Å². The Morgan fingerprint density at radius 1 is 1.14 bits per heavy atom. The van der Waals surface area contributed by atoms with Crippen molar-refractivity contribution in [2.24, 2.45) is 0 Å². The van der Waals surface area contributed by atoms with Crippen LogP contribution in [0.1, 0.15) is 31.9 Å². The van der Waals surface area contributed by atoms with Gasteiger partial charge < -0.3 is 9.64 Å². The van der Waals surface area contributed by atoms with Gasteiger partial charge in [0.1, 0.15) is 17.7 Å². The highest BCUT2D eigenvalue weighted by molar-refractivity contribution is 5.84. The van der Waals surface area contributed by atoms with Crippen LogP contribution in [0.4, 0.5) is 4.39 Å². The van der Waals surface area contributed by atoms with Crippen LogP contribution in [0.15, 0.2) is 48.5 Å². The van der Waals surface area contributed by atoms with Crippen molar-refractivity contribution in [2.45, 2.75) is 39.2 Å². The van der Waals surface area contributed by atoms with Crippen LogP contribution in [0.25, 0.3) is 22.0 Å². The minimum absolute atomic E-state index is 0.103. The van der Waals surface area contributed by atoms with E-state index in [1.165, 1.54) is 6.07 Å². The molecule has 0 aliphatic carbocycles. The molecule has 0 bridgehead atoms. The van der Waals surface area contributed by atoms with Crippen molar-refractivity contribution in [3.63, 3.8) is 0 Å². The standard InChI is InChI=1S/C24H25FN2O2/c1-3-24(28)27-12-10-20(11-13-27)29-19-8-6-17(7-9-19)21-15-23-18(14-22(21)25)5-4-16(2)26-23/h4-9,14-15,20H,3,10-13H2,1-2H3. The number of hydrogen-bond donors (Lipinski definition) is 0. The van der Waals surface area contributed by atoms with E-state index in [1.54, 1.807) is 6.07 Å². The summed E-state index contributed by atoms with van der Waals surface area (Å²) in [6.07, 6.45) is 2.31. The summed E-state index contributed by atoms with van der Waals surface area (Å²) < 4.78 is 20.7. The molecule has 5 heteroatoms. The summed E-state index contributed by atoms with van der Waals surface area (Å²) in [6.45, 7) is 5.30. The minimum atomic E-state index is -0.259. The summed E-state index contributed by atoms with van der Waals surface area (Å²) in [5.41, 5.74) is 3.03. The highest BCUT2D eigenvalue weighted by Crippen LogP contribution is 2.29. The van der Waals surface area contributed by atoms with E-state index in [0.29, 0.717) is 12.0 Å². The number of carbonyl (C=O) groups is 1. The number of amides is 1. The van der Waals surface area contributed by atoms with Crippen molar-refractivity contribution < 1.29 is 13.9 Å². The molecule has 0 saturated carbocycles. The third kappa shape index (κ3) is 4.24. The summed E-state index contributed by atoms with van der Waals surface area (Å²) in [5, 5.41) is 0.796. The fourth-order valence-electron chi connectivity index (χ4n) is 3.82. The summed E-state index contributed by atoms with van der Waals surface area (Å²) in [6, 6.07) is 14.6. The molecule has 0 radical (unpaired) electrons. The molecular weight excluding hydrogens is 367 g/mol. The topological polar surface area (TPSA) is 42.4 Å². The maximum atomic E-state index is 14.6. The number of benzene rings is 2. The molecule has 4 rings (SSSR count). The van der Waals surface area contributed by atoms with E-state index in [9.17, 15) is 9.18 Å². The molecule has 1 aliphatic heterocycles. The van der Waals surface area contributed by atoms with Gasteiger partial charge >= 0.3 is 0 Å². The van der Waals surface area contributed by atoms with Crippen LogP contribution in [-0.2, 0) is 4.79 Å². The average molecular weight is 392 g/mol. The number of nitrogens with zero attached hydrogens (tertiary/aromatic N) is 2. The van der Waals surface area contributed by atoms with Gasteiger partial charge in [-0.15, -0.1) is 0 Å². The third-order valence-corrected chi connectivity index (χ3v) is 5.48. The molecule has 3 aromatic rings. The van der Waals surface area contributed by atoms with E-state index in [4.69, 9.17) is 4.74 Å². The maximum Gasteiger partial charge on any atom is 0.222 e. The second-order valence-corrected chi connectivity index (χ2v) is 7.55. The van der Waals surface area contributed by atoms with Gasteiger partial charge in [0, 0.05) is 49.0 Å². The van der Waals surface area contributed by atoms with E-state index in [2.05, 4.69) is 4.98 Å². The van der Waals surface area contributed by atoms with Crippen LogP contribution in [-0.4, -0.2) is 35.0 Å². The Bertz CT molecular complexity index is 1020. The molecule has 0 atom stereocenters. The summed E-state index contributed by atoms with van der Waals surface area (Å²) in [7, 11) is 0. The SMILES string of the molecule is CCC(=O)N1CCC(Oc2ccc(-c3cc4nc(C)ccc4cc3F)cc2)CC1. The normalized spacial score (nSPS) is 14.9. The highest BCUT2D eigenvalue weighted by Gasteiger charge is 2.23. The summed E-state index contributed by atoms with van der Waals surface area (Å²) >= 11 is 0. The smallest absolute Gasteiger partial charge is 0.222 e. The molecule has 0 spiro atoms. The fourth-order valence-corrected chi connectivity index (χ4v) is 3.82. The lowest BCUT2D eigenvalue weighted by Gasteiger charge is -2.32. The molecule has 2 aromatic carbocycles. The Morgan fingerprint density at radius 2 is 1.86 bits per heavy atom. The van der Waals surface area contributed by atoms with Crippen LogP contribution in [0.2, 0.25) is 0 Å². The third-order valence-electron chi connectivity index (χ3n) is 5.48. The predicted molar refractivity (Wildman–Crippen MR) is 112 cm³/mol. The lowest BCUT2D eigenvalue weighted by molar-refractivity contribution is -0.132. The number of halogens is 1. The van der Waals surface area contributed by atoms with Crippen LogP contribution >= 0.6 is 0 Å². The van der Waals surface area contributed by atoms with Gasteiger partial charge in [-0.3, -0.25) is 9.78 Å². The van der Waals surface area contributed by atoms with E-state index < -0.39 is 0 Å². The molecular formula is C24H25FN2O2. The first kappa shape index (κ1) is 19.4. The van der Waals surface area contributed by atoms with Gasteiger partial charge in [0.25, 0.3) is 0 Å². The molecule has 1 saturated heterocycles. The van der Waals surface area contributed by atoms with E-state index in [-0.39, 0.29) is 17.8 Å². The molecule has 2 heterocycles. The van der Waals surface area contributed by atoms with Crippen LogP contribution in [0.5, 0.6) is 5.75 Å². The van der Waals surface area contributed by atoms with Gasteiger partial charge in [0.15, 0.2) is 0 Å². The lowest BCUT2D eigenvalue weighted by atomic mass is 10.0. The Kier molecular flexibility index (Phi) is 5.47. The number of fused-ring (bicyclic) bond motifs is 1. The zero-order valence-electron chi connectivity index (χ0n) is 16.8. The zero-order chi connectivity index (χ0) is 20.4. The van der Waals surface area contributed by atoms with Crippen LogP contribution in [0.3, 0.4) is 0 Å². The monoisotopic (exact) mass is 392 g/mol. The molecule has 1 fully saturated rings. The number of ether oxygens (including phenoxy) is 1. The van der Waals surface area contributed by atoms with Crippen LogP contribution < -0.4 is 4.74 Å². The number of hydrogen-bond acceptors (Lipinski definition) is 3. The molecule has 1 aromatic heterocycles. The second kappa shape index (κ2) is 8.19. The highest BCUT2D eigenvalue weighted by atomic mass is 19.1. The number of piperidine rings is 1. The van der Waals surface area contributed by atoms with Gasteiger partial charge in [-0.25, -0.2) is 4.39 Å². The number of rotatable bonds is 4. The van der Waals surface area contributed by atoms with Crippen molar-refractivity contribution in [1.29, 1.82) is 0 Å². The lowest BCUT2D eigenvalue weighted by Crippen LogP contribution is -2.41. The number of likely N-dealkylation sites (tertiary alicyclic amines) is 1. The average Bonchev–Trinajstić information content (AvgIpc) is 2.74. The van der Waals surface area contributed by atoms with Gasteiger partial charge in [0.05, 0.1) is 5.52 Å². The van der Waals surface area contributed by atoms with Crippen molar-refractivity contribution in [1.82, 2.24) is 9.88 Å². The second-order valence-electron chi connectivity index (χ2n) is 7.55. The largest absolute Gasteiger partial charge is 0.490 e. The Labute approximate surface area is 170 Å². The predicted octanol–water partition coefficient (Wildman–Crippen LogP) is 5.13. The Morgan fingerprint density at radius 3 is 2.55 bits per heavy atom. The van der Waals surface area contributed by atoms with Gasteiger partial charge in [-0.1, -0.05) is 25.1 Å². The summed E-state index contributed by atoms with van der Waals surface area (Å²) in [5.74, 6) is 0.712. The van der Waals surface area contributed by atoms with Crippen LogP contribution in [0, 0.1) is 12.7 Å². The first-order valence-electron chi connectivity index (χ1n) is 10.2. The van der Waals surface area contributed by atoms with Crippen molar-refractivity contribution >= 4 is 16.8 Å². The Hall–Kier alpha value is -2.95. The first-order valence-corrected chi connectivity index (χ1v) is 10.2. The molecule has 29 heavy (non-hydrogen) atoms. The first-order chi connectivity index (χ1) is 14.0. The number of pyridine rings is 1. The fraction of sp³-hybridized carbons (Fsp3) is 0.333. The molecule has 150 valence electrons. The molecule has 4 nitrogen and oxygen atoms in total. The van der Waals surface area contributed by atoms with E-state index in [1.807, 2.05) is 55.1 Å². The quantitative estimate of drug-likeness (QED) is 0.618. The number of aromatic nitrogens is 1. The molecule has 0 unspecified atom stereocenters. The van der Waals surface area contributed by atoms with E-state index in [0.717, 1.165) is 53.8 Å². The molecule has 0 N–H and O–H groups in total. The maximum absolute atomic E-state index is 14.6. The van der Waals surface area contributed by atoms with Gasteiger partial charge in [0.2, 0.25) is 5.91 Å². The van der Waals surface area contributed by atoms with E-state index >= 15 is 0 Å². The summed E-state index contributed by atoms with van der Waals surface area (Å²) in [4.78, 5) is 18.2. The van der Waals surface area contributed by atoms with Crippen molar-refractivity contribution in [3.05, 3.63) is 60.0 Å². The van der Waals surface area contributed by atoms with Gasteiger partial charge in [-0.2, -0.15) is 0 Å². The molecule has 1 aliphatic rings. The number of aryl methyl sites for hydroxylation is 1. The molecule has 1 amide bonds. The Balaban J connectivity index is 1.47. The number of carbonyl (C=O) groups excluding carboxylic acids is 1. The zero-order valence-corrected chi connectivity index (χ0v) is 16.8. The minimum Gasteiger partial charge on any atom is -0.490 e.